The minimum Gasteiger partial charge on any atom is -0.445 e. The van der Waals surface area contributed by atoms with Crippen molar-refractivity contribution in [2.24, 2.45) is 0 Å². The molecular formula is C22H28N2O2Si. The van der Waals surface area contributed by atoms with Crippen molar-refractivity contribution >= 4 is 25.1 Å². The predicted octanol–water partition coefficient (Wildman–Crippen LogP) is 5.23. The van der Waals surface area contributed by atoms with E-state index < -0.39 is 8.07 Å². The molecule has 0 aliphatic heterocycles. The van der Waals surface area contributed by atoms with E-state index in [0.717, 1.165) is 23.7 Å². The summed E-state index contributed by atoms with van der Waals surface area (Å²) >= 11 is 0. The highest BCUT2D eigenvalue weighted by Gasteiger charge is 2.23. The molecule has 0 saturated carbocycles. The summed E-state index contributed by atoms with van der Waals surface area (Å²) in [5.41, 5.74) is 3.38. The monoisotopic (exact) mass is 380 g/mol. The second-order valence-corrected chi connectivity index (χ2v) is 13.6. The molecule has 1 amide bonds. The van der Waals surface area contributed by atoms with Gasteiger partial charge in [-0.3, -0.25) is 0 Å². The van der Waals surface area contributed by atoms with Gasteiger partial charge in [-0.25, -0.2) is 4.79 Å². The van der Waals surface area contributed by atoms with Gasteiger partial charge in [-0.1, -0.05) is 68.2 Å². The van der Waals surface area contributed by atoms with Gasteiger partial charge in [0.1, 0.15) is 6.61 Å². The summed E-state index contributed by atoms with van der Waals surface area (Å²) in [4.78, 5) is 17.9. The number of nitrogens with zero attached hydrogens (tertiary/aromatic N) is 1. The number of aromatic nitrogens is 1. The SMILES string of the molecule is C[Si](C)(C)CN(CCc1c[nH]c2ccccc12)C(=O)OCc1ccccc1. The van der Waals surface area contributed by atoms with Gasteiger partial charge in [0.15, 0.2) is 0 Å². The molecule has 0 spiro atoms. The zero-order chi connectivity index (χ0) is 19.3. The third-order valence-corrected chi connectivity index (χ3v) is 5.78. The molecule has 0 aliphatic carbocycles. The highest BCUT2D eigenvalue weighted by molar-refractivity contribution is 6.76. The smallest absolute Gasteiger partial charge is 0.409 e. The number of hydrogen-bond acceptors (Lipinski definition) is 2. The number of fused-ring (bicyclic) bond motifs is 1. The third kappa shape index (κ3) is 5.47. The maximum absolute atomic E-state index is 12.7. The van der Waals surface area contributed by atoms with Gasteiger partial charge in [0.2, 0.25) is 0 Å². The van der Waals surface area contributed by atoms with Crippen LogP contribution in [-0.2, 0) is 17.8 Å². The summed E-state index contributed by atoms with van der Waals surface area (Å²) in [5.74, 6) is 0. The highest BCUT2D eigenvalue weighted by Crippen LogP contribution is 2.19. The van der Waals surface area contributed by atoms with Crippen LogP contribution in [0, 0.1) is 0 Å². The summed E-state index contributed by atoms with van der Waals surface area (Å²) in [6, 6.07) is 18.1. The molecule has 2 aromatic carbocycles. The second kappa shape index (κ2) is 8.44. The molecule has 0 radical (unpaired) electrons. The van der Waals surface area contributed by atoms with Crippen molar-refractivity contribution in [3.05, 3.63) is 71.9 Å². The zero-order valence-electron chi connectivity index (χ0n) is 16.4. The molecule has 3 aromatic rings. The van der Waals surface area contributed by atoms with Gasteiger partial charge in [0, 0.05) is 29.8 Å². The lowest BCUT2D eigenvalue weighted by atomic mass is 10.1. The average molecular weight is 381 g/mol. The minimum atomic E-state index is -1.45. The van der Waals surface area contributed by atoms with Crippen molar-refractivity contribution in [2.75, 3.05) is 12.7 Å². The van der Waals surface area contributed by atoms with Crippen LogP contribution < -0.4 is 0 Å². The molecule has 0 fully saturated rings. The van der Waals surface area contributed by atoms with Crippen molar-refractivity contribution < 1.29 is 9.53 Å². The van der Waals surface area contributed by atoms with Gasteiger partial charge in [-0.15, -0.1) is 0 Å². The number of amides is 1. The van der Waals surface area contributed by atoms with Crippen LogP contribution in [0.4, 0.5) is 4.79 Å². The number of hydrogen-bond donors (Lipinski definition) is 1. The summed E-state index contributed by atoms with van der Waals surface area (Å²) < 4.78 is 5.59. The number of rotatable bonds is 7. The van der Waals surface area contributed by atoms with E-state index in [1.54, 1.807) is 0 Å². The lowest BCUT2D eigenvalue weighted by molar-refractivity contribution is 0.102. The maximum Gasteiger partial charge on any atom is 0.409 e. The van der Waals surface area contributed by atoms with E-state index in [9.17, 15) is 4.79 Å². The number of carbonyl (C=O) groups is 1. The van der Waals surface area contributed by atoms with E-state index in [1.165, 1.54) is 10.9 Å². The minimum absolute atomic E-state index is 0.221. The summed E-state index contributed by atoms with van der Waals surface area (Å²) in [6.07, 6.45) is 3.44. The predicted molar refractivity (Wildman–Crippen MR) is 114 cm³/mol. The zero-order valence-corrected chi connectivity index (χ0v) is 17.4. The molecule has 0 aliphatic rings. The number of nitrogens with one attached hydrogen (secondary N) is 1. The average Bonchev–Trinajstić information content (AvgIpc) is 3.06. The van der Waals surface area contributed by atoms with Gasteiger partial charge in [-0.2, -0.15) is 0 Å². The fourth-order valence-corrected chi connectivity index (χ4v) is 4.64. The first kappa shape index (κ1) is 19.2. The van der Waals surface area contributed by atoms with Crippen molar-refractivity contribution in [1.29, 1.82) is 0 Å². The molecule has 142 valence electrons. The molecule has 4 nitrogen and oxygen atoms in total. The molecule has 1 aromatic heterocycles. The van der Waals surface area contributed by atoms with Gasteiger partial charge < -0.3 is 14.6 Å². The van der Waals surface area contributed by atoms with E-state index in [-0.39, 0.29) is 6.09 Å². The van der Waals surface area contributed by atoms with Crippen molar-refractivity contribution in [2.45, 2.75) is 32.7 Å². The molecule has 27 heavy (non-hydrogen) atoms. The van der Waals surface area contributed by atoms with Crippen LogP contribution in [0.15, 0.2) is 60.8 Å². The van der Waals surface area contributed by atoms with Gasteiger partial charge in [0.05, 0.1) is 8.07 Å². The number of aromatic amines is 1. The van der Waals surface area contributed by atoms with Crippen LogP contribution in [0.2, 0.25) is 19.6 Å². The highest BCUT2D eigenvalue weighted by atomic mass is 28.3. The Kier molecular flexibility index (Phi) is 6.01. The van der Waals surface area contributed by atoms with E-state index in [1.807, 2.05) is 53.6 Å². The van der Waals surface area contributed by atoms with E-state index in [2.05, 4.69) is 36.8 Å². The molecular weight excluding hydrogens is 352 g/mol. The Labute approximate surface area is 162 Å². The molecule has 0 saturated heterocycles. The van der Waals surface area contributed by atoms with Crippen LogP contribution >= 0.6 is 0 Å². The maximum atomic E-state index is 12.7. The molecule has 0 bridgehead atoms. The lowest BCUT2D eigenvalue weighted by Crippen LogP contribution is -2.44. The normalized spacial score (nSPS) is 11.5. The Morgan fingerprint density at radius 2 is 1.74 bits per heavy atom. The summed E-state index contributed by atoms with van der Waals surface area (Å²) in [7, 11) is -1.45. The topological polar surface area (TPSA) is 45.3 Å². The molecule has 5 heteroatoms. The van der Waals surface area contributed by atoms with Crippen LogP contribution in [0.25, 0.3) is 10.9 Å². The fraction of sp³-hybridized carbons (Fsp3) is 0.318. The van der Waals surface area contributed by atoms with Crippen molar-refractivity contribution in [3.63, 3.8) is 0 Å². The molecule has 0 atom stereocenters. The number of H-pyrrole nitrogens is 1. The van der Waals surface area contributed by atoms with Crippen LogP contribution in [0.5, 0.6) is 0 Å². The van der Waals surface area contributed by atoms with Gasteiger partial charge in [-0.05, 0) is 23.6 Å². The van der Waals surface area contributed by atoms with E-state index in [0.29, 0.717) is 13.2 Å². The Morgan fingerprint density at radius 3 is 2.48 bits per heavy atom. The first-order valence-corrected chi connectivity index (χ1v) is 13.1. The standard InChI is InChI=1S/C22H28N2O2Si/c1-27(2,3)17-24(22(25)26-16-18-9-5-4-6-10-18)14-13-19-15-23-21-12-8-7-11-20(19)21/h4-12,15,23H,13-14,16-17H2,1-3H3. The Balaban J connectivity index is 1.66. The molecule has 1 heterocycles. The summed E-state index contributed by atoms with van der Waals surface area (Å²) in [6.45, 7) is 7.80. The molecule has 3 rings (SSSR count). The number of ether oxygens (including phenoxy) is 1. The van der Waals surface area contributed by atoms with Gasteiger partial charge in [0.25, 0.3) is 0 Å². The first-order chi connectivity index (χ1) is 12.9. The molecule has 0 unspecified atom stereocenters. The van der Waals surface area contributed by atoms with E-state index in [4.69, 9.17) is 4.74 Å². The largest absolute Gasteiger partial charge is 0.445 e. The fourth-order valence-electron chi connectivity index (χ4n) is 3.21. The van der Waals surface area contributed by atoms with Crippen molar-refractivity contribution in [1.82, 2.24) is 9.88 Å². The number of benzene rings is 2. The van der Waals surface area contributed by atoms with Gasteiger partial charge >= 0.3 is 6.09 Å². The quantitative estimate of drug-likeness (QED) is 0.571. The Bertz CT molecular complexity index is 884. The van der Waals surface area contributed by atoms with Crippen LogP contribution in [0.1, 0.15) is 11.1 Å². The second-order valence-electron chi connectivity index (χ2n) is 8.13. The Hall–Kier alpha value is -2.53. The van der Waals surface area contributed by atoms with Crippen LogP contribution in [-0.4, -0.2) is 36.8 Å². The van der Waals surface area contributed by atoms with Crippen LogP contribution in [0.3, 0.4) is 0 Å². The number of carbonyl (C=O) groups excluding carboxylic acids is 1. The van der Waals surface area contributed by atoms with E-state index >= 15 is 0 Å². The third-order valence-electron chi connectivity index (χ3n) is 4.45. The Morgan fingerprint density at radius 1 is 1.04 bits per heavy atom. The lowest BCUT2D eigenvalue weighted by Gasteiger charge is -2.28. The van der Waals surface area contributed by atoms with Crippen molar-refractivity contribution in [3.8, 4) is 0 Å². The number of para-hydroxylation sites is 1. The summed E-state index contributed by atoms with van der Waals surface area (Å²) in [5, 5.41) is 1.23. The molecule has 1 N–H and O–H groups in total. The first-order valence-electron chi connectivity index (χ1n) is 9.43.